The Hall–Kier alpha value is -2.12. The molecule has 0 atom stereocenters. The summed E-state index contributed by atoms with van der Waals surface area (Å²) in [4.78, 5) is 23.1. The number of benzene rings is 1. The van der Waals surface area contributed by atoms with Crippen molar-refractivity contribution in [2.45, 2.75) is 6.92 Å². The van der Waals surface area contributed by atoms with Gasteiger partial charge in [0, 0.05) is 5.56 Å². The fraction of sp³-hybridized carbons (Fsp3) is 0.0833. The van der Waals surface area contributed by atoms with Gasteiger partial charge >= 0.3 is 5.97 Å². The first-order valence-corrected chi connectivity index (χ1v) is 6.54. The van der Waals surface area contributed by atoms with Crippen molar-refractivity contribution in [2.75, 3.05) is 5.32 Å². The van der Waals surface area contributed by atoms with Crippen molar-refractivity contribution in [3.63, 3.8) is 0 Å². The lowest BCUT2D eigenvalue weighted by atomic mass is 10.2. The fourth-order valence-electron chi connectivity index (χ4n) is 1.53. The number of aromatic nitrogens is 1. The molecule has 6 nitrogen and oxygen atoms in total. The molecule has 0 fully saturated rings. The van der Waals surface area contributed by atoms with Crippen LogP contribution in [0, 0.1) is 6.92 Å². The molecule has 0 aliphatic carbocycles. The number of carbonyl (C=O) groups is 2. The van der Waals surface area contributed by atoms with Crippen LogP contribution in [0.5, 0.6) is 5.75 Å². The molecule has 1 heterocycles. The van der Waals surface area contributed by atoms with Gasteiger partial charge in [0.05, 0.1) is 10.7 Å². The number of phenols is 1. The van der Waals surface area contributed by atoms with Crippen LogP contribution in [0.2, 0.25) is 5.02 Å². The number of aromatic hydroxyl groups is 1. The van der Waals surface area contributed by atoms with Crippen LogP contribution in [-0.4, -0.2) is 26.5 Å². The van der Waals surface area contributed by atoms with Crippen molar-refractivity contribution in [3.05, 3.63) is 40.0 Å². The summed E-state index contributed by atoms with van der Waals surface area (Å²) >= 11 is 6.60. The van der Waals surface area contributed by atoms with Crippen molar-refractivity contribution < 1.29 is 19.8 Å². The Bertz CT molecular complexity index is 699. The lowest BCUT2D eigenvalue weighted by Gasteiger charge is -2.05. The Morgan fingerprint density at radius 1 is 1.40 bits per heavy atom. The largest absolute Gasteiger partial charge is 0.506 e. The number of nitrogens with one attached hydrogen (secondary N) is 1. The Balaban J connectivity index is 2.28. The number of hydrogen-bond donors (Lipinski definition) is 3. The minimum absolute atomic E-state index is 0.0341. The lowest BCUT2D eigenvalue weighted by molar-refractivity contribution is 0.0697. The Kier molecular flexibility index (Phi) is 3.91. The number of rotatable bonds is 3. The zero-order chi connectivity index (χ0) is 14.9. The summed E-state index contributed by atoms with van der Waals surface area (Å²) in [5, 5.41) is 21.0. The average molecular weight is 313 g/mol. The molecule has 2 aromatic rings. The monoisotopic (exact) mass is 312 g/mol. The molecule has 20 heavy (non-hydrogen) atoms. The van der Waals surface area contributed by atoms with E-state index in [1.807, 2.05) is 0 Å². The maximum absolute atomic E-state index is 12.0. The molecule has 1 aromatic heterocycles. The van der Waals surface area contributed by atoms with Crippen LogP contribution < -0.4 is 5.32 Å². The maximum Gasteiger partial charge on any atom is 0.340 e. The number of phenolic OH excluding ortho intramolecular Hbond substituents is 1. The molecule has 104 valence electrons. The fourth-order valence-corrected chi connectivity index (χ4v) is 2.50. The highest BCUT2D eigenvalue weighted by atomic mass is 35.5. The van der Waals surface area contributed by atoms with E-state index in [4.69, 9.17) is 16.7 Å². The van der Waals surface area contributed by atoms with Gasteiger partial charge in [0.15, 0.2) is 0 Å². The summed E-state index contributed by atoms with van der Waals surface area (Å²) in [7, 11) is 0. The molecule has 0 radical (unpaired) electrons. The summed E-state index contributed by atoms with van der Waals surface area (Å²) in [6.45, 7) is 1.55. The molecule has 0 saturated heterocycles. The van der Waals surface area contributed by atoms with Gasteiger partial charge in [-0.15, -0.1) is 0 Å². The molecule has 1 amide bonds. The second kappa shape index (κ2) is 5.48. The SMILES string of the molecule is Cc1nsc(NC(=O)c2ccc(O)c(Cl)c2)c1C(=O)O. The summed E-state index contributed by atoms with van der Waals surface area (Å²) in [6.07, 6.45) is 0. The zero-order valence-corrected chi connectivity index (χ0v) is 11.7. The highest BCUT2D eigenvalue weighted by molar-refractivity contribution is 7.11. The summed E-state index contributed by atoms with van der Waals surface area (Å²) in [5.41, 5.74) is 0.505. The van der Waals surface area contributed by atoms with Crippen LogP contribution >= 0.6 is 23.1 Å². The third-order valence-electron chi connectivity index (χ3n) is 2.51. The molecule has 3 N–H and O–H groups in total. The van der Waals surface area contributed by atoms with Gasteiger partial charge in [-0.05, 0) is 36.7 Å². The molecule has 8 heteroatoms. The second-order valence-electron chi connectivity index (χ2n) is 3.90. The first-order valence-electron chi connectivity index (χ1n) is 5.39. The number of amides is 1. The van der Waals surface area contributed by atoms with Crippen LogP contribution in [-0.2, 0) is 0 Å². The number of carbonyl (C=O) groups excluding carboxylic acids is 1. The van der Waals surface area contributed by atoms with Gasteiger partial charge in [-0.2, -0.15) is 4.37 Å². The minimum atomic E-state index is -1.16. The Morgan fingerprint density at radius 2 is 2.10 bits per heavy atom. The van der Waals surface area contributed by atoms with Crippen molar-refractivity contribution in [1.29, 1.82) is 0 Å². The minimum Gasteiger partial charge on any atom is -0.506 e. The number of hydrogen-bond acceptors (Lipinski definition) is 5. The molecule has 1 aromatic carbocycles. The van der Waals surface area contributed by atoms with E-state index in [1.54, 1.807) is 6.92 Å². The van der Waals surface area contributed by atoms with E-state index in [0.717, 1.165) is 11.5 Å². The molecule has 2 rings (SSSR count). The molecule has 0 unspecified atom stereocenters. The zero-order valence-electron chi connectivity index (χ0n) is 10.2. The molecular weight excluding hydrogens is 304 g/mol. The van der Waals surface area contributed by atoms with Gasteiger partial charge in [0.1, 0.15) is 16.3 Å². The first kappa shape index (κ1) is 14.3. The summed E-state index contributed by atoms with van der Waals surface area (Å²) in [6, 6.07) is 3.96. The van der Waals surface area contributed by atoms with Gasteiger partial charge in [-0.25, -0.2) is 4.79 Å². The third kappa shape index (κ3) is 2.73. The van der Waals surface area contributed by atoms with Gasteiger partial charge in [0.2, 0.25) is 0 Å². The van der Waals surface area contributed by atoms with Gasteiger partial charge in [0.25, 0.3) is 5.91 Å². The van der Waals surface area contributed by atoms with Gasteiger partial charge in [-0.3, -0.25) is 4.79 Å². The number of aromatic carboxylic acids is 1. The smallest absolute Gasteiger partial charge is 0.340 e. The van der Waals surface area contributed by atoms with E-state index in [2.05, 4.69) is 9.69 Å². The van der Waals surface area contributed by atoms with Crippen molar-refractivity contribution >= 4 is 40.0 Å². The maximum atomic E-state index is 12.0. The van der Waals surface area contributed by atoms with E-state index in [1.165, 1.54) is 18.2 Å². The predicted octanol–water partition coefficient (Wildman–Crippen LogP) is 2.76. The number of carboxylic acid groups (broad SMARTS) is 1. The normalized spacial score (nSPS) is 10.3. The standard InChI is InChI=1S/C12H9ClN2O4S/c1-5-9(12(18)19)11(20-15-5)14-10(17)6-2-3-8(16)7(13)4-6/h2-4,16H,1H3,(H,14,17)(H,18,19). The number of anilines is 1. The van der Waals surface area contributed by atoms with Crippen LogP contribution in [0.3, 0.4) is 0 Å². The summed E-state index contributed by atoms with van der Waals surface area (Å²) in [5.74, 6) is -1.82. The molecule has 0 aliphatic heterocycles. The predicted molar refractivity (Wildman–Crippen MR) is 74.9 cm³/mol. The number of carboxylic acids is 1. The molecular formula is C12H9ClN2O4S. The van der Waals surface area contributed by atoms with Crippen molar-refractivity contribution in [3.8, 4) is 5.75 Å². The van der Waals surface area contributed by atoms with Crippen molar-refractivity contribution in [1.82, 2.24) is 4.37 Å². The van der Waals surface area contributed by atoms with E-state index >= 15 is 0 Å². The molecule has 0 bridgehead atoms. The Morgan fingerprint density at radius 3 is 2.70 bits per heavy atom. The van der Waals surface area contributed by atoms with E-state index in [9.17, 15) is 14.7 Å². The average Bonchev–Trinajstić information content (AvgIpc) is 2.73. The van der Waals surface area contributed by atoms with Crippen LogP contribution in [0.1, 0.15) is 26.4 Å². The first-order chi connectivity index (χ1) is 9.40. The number of halogens is 1. The van der Waals surface area contributed by atoms with Gasteiger partial charge < -0.3 is 15.5 Å². The third-order valence-corrected chi connectivity index (χ3v) is 3.67. The highest BCUT2D eigenvalue weighted by Crippen LogP contribution is 2.27. The quantitative estimate of drug-likeness (QED) is 0.809. The number of nitrogens with zero attached hydrogens (tertiary/aromatic N) is 1. The van der Waals surface area contributed by atoms with Crippen LogP contribution in [0.25, 0.3) is 0 Å². The van der Waals surface area contributed by atoms with Crippen LogP contribution in [0.4, 0.5) is 5.00 Å². The summed E-state index contributed by atoms with van der Waals surface area (Å²) < 4.78 is 3.90. The highest BCUT2D eigenvalue weighted by Gasteiger charge is 2.20. The van der Waals surface area contributed by atoms with Crippen LogP contribution in [0.15, 0.2) is 18.2 Å². The van der Waals surface area contributed by atoms with E-state index in [0.29, 0.717) is 5.69 Å². The molecule has 0 saturated carbocycles. The topological polar surface area (TPSA) is 99.5 Å². The van der Waals surface area contributed by atoms with E-state index < -0.39 is 11.9 Å². The van der Waals surface area contributed by atoms with Gasteiger partial charge in [-0.1, -0.05) is 11.6 Å². The van der Waals surface area contributed by atoms with E-state index in [-0.39, 0.29) is 26.9 Å². The van der Waals surface area contributed by atoms with Crippen molar-refractivity contribution in [2.24, 2.45) is 0 Å². The Labute approximate surface area is 122 Å². The lowest BCUT2D eigenvalue weighted by Crippen LogP contribution is -2.13. The molecule has 0 aliphatic rings. The molecule has 0 spiro atoms. The number of aryl methyl sites for hydroxylation is 1. The second-order valence-corrected chi connectivity index (χ2v) is 5.08.